The Kier molecular flexibility index (Phi) is 3.75. The molecule has 2 aromatic heterocycles. The van der Waals surface area contributed by atoms with Crippen molar-refractivity contribution in [3.05, 3.63) is 64.7 Å². The highest BCUT2D eigenvalue weighted by Gasteiger charge is 2.11. The molecule has 0 aliphatic rings. The third-order valence-corrected chi connectivity index (χ3v) is 3.88. The highest BCUT2D eigenvalue weighted by atomic mass is 32.1. The predicted octanol–water partition coefficient (Wildman–Crippen LogP) is 3.21. The molecule has 0 atom stereocenters. The molecule has 3 aromatic rings. The number of nitrogen functional groups attached to an aromatic ring is 1. The molecule has 4 nitrogen and oxygen atoms in total. The van der Waals surface area contributed by atoms with Crippen molar-refractivity contribution in [1.29, 1.82) is 0 Å². The number of pyridine rings is 1. The summed E-state index contributed by atoms with van der Waals surface area (Å²) in [4.78, 5) is 20.6. The van der Waals surface area contributed by atoms with Gasteiger partial charge in [-0.2, -0.15) is 0 Å². The molecule has 0 unspecified atom stereocenters. The van der Waals surface area contributed by atoms with Gasteiger partial charge in [0.2, 0.25) is 0 Å². The Bertz CT molecular complexity index is 768. The van der Waals surface area contributed by atoms with Crippen LogP contribution in [-0.4, -0.2) is 15.8 Å². The molecule has 1 aromatic carbocycles. The van der Waals surface area contributed by atoms with E-state index in [2.05, 4.69) is 9.97 Å². The van der Waals surface area contributed by atoms with E-state index in [1.165, 1.54) is 11.3 Å². The van der Waals surface area contributed by atoms with Gasteiger partial charge in [-0.25, -0.2) is 4.98 Å². The number of ketones is 1. The number of anilines is 1. The number of hydrogen-bond acceptors (Lipinski definition) is 5. The van der Waals surface area contributed by atoms with Crippen molar-refractivity contribution in [1.82, 2.24) is 9.97 Å². The fourth-order valence-electron chi connectivity index (χ4n) is 1.99. The van der Waals surface area contributed by atoms with Gasteiger partial charge in [0.05, 0.1) is 12.1 Å². The minimum atomic E-state index is 0.0246. The second kappa shape index (κ2) is 5.85. The molecule has 104 valence electrons. The Morgan fingerprint density at radius 1 is 1.24 bits per heavy atom. The summed E-state index contributed by atoms with van der Waals surface area (Å²) in [5.74, 6) is 0.0246. The molecule has 5 heteroatoms. The van der Waals surface area contributed by atoms with Crippen molar-refractivity contribution in [2.24, 2.45) is 0 Å². The Morgan fingerprint density at radius 2 is 2.14 bits per heavy atom. The largest absolute Gasteiger partial charge is 0.399 e. The van der Waals surface area contributed by atoms with Gasteiger partial charge in [-0.3, -0.25) is 9.78 Å². The van der Waals surface area contributed by atoms with E-state index in [1.807, 2.05) is 29.6 Å². The number of thiazole rings is 1. The average Bonchev–Trinajstić information content (AvgIpc) is 2.97. The minimum absolute atomic E-state index is 0.0246. The first-order chi connectivity index (χ1) is 10.2. The standard InChI is InChI=1S/C16H13N3OS/c17-13-5-1-3-11(7-13)14-10-21-16(19-14)8-15(20)12-4-2-6-18-9-12/h1-7,9-10H,8,17H2. The van der Waals surface area contributed by atoms with E-state index in [-0.39, 0.29) is 5.78 Å². The number of nitrogens with zero attached hydrogens (tertiary/aromatic N) is 2. The van der Waals surface area contributed by atoms with Crippen molar-refractivity contribution in [3.8, 4) is 11.3 Å². The molecule has 0 saturated heterocycles. The second-order valence-corrected chi connectivity index (χ2v) is 5.54. The lowest BCUT2D eigenvalue weighted by Gasteiger charge is -1.99. The molecule has 0 bridgehead atoms. The molecule has 0 fully saturated rings. The van der Waals surface area contributed by atoms with Crippen LogP contribution < -0.4 is 5.73 Å². The van der Waals surface area contributed by atoms with E-state index in [4.69, 9.17) is 5.73 Å². The SMILES string of the molecule is Nc1cccc(-c2csc(CC(=O)c3cccnc3)n2)c1. The zero-order chi connectivity index (χ0) is 14.7. The summed E-state index contributed by atoms with van der Waals surface area (Å²) in [7, 11) is 0. The fraction of sp³-hybridized carbons (Fsp3) is 0.0625. The Labute approximate surface area is 126 Å². The lowest BCUT2D eigenvalue weighted by atomic mass is 10.1. The van der Waals surface area contributed by atoms with Gasteiger partial charge in [0.15, 0.2) is 5.78 Å². The van der Waals surface area contributed by atoms with Crippen LogP contribution in [0.3, 0.4) is 0 Å². The number of benzene rings is 1. The van der Waals surface area contributed by atoms with Crippen molar-refractivity contribution in [2.75, 3.05) is 5.73 Å². The van der Waals surface area contributed by atoms with E-state index in [9.17, 15) is 4.79 Å². The van der Waals surface area contributed by atoms with E-state index in [0.29, 0.717) is 17.7 Å². The highest BCUT2D eigenvalue weighted by molar-refractivity contribution is 7.10. The maximum atomic E-state index is 12.1. The first kappa shape index (κ1) is 13.5. The summed E-state index contributed by atoms with van der Waals surface area (Å²) in [5.41, 5.74) is 8.90. The van der Waals surface area contributed by atoms with Crippen LogP contribution in [0.2, 0.25) is 0 Å². The summed E-state index contributed by atoms with van der Waals surface area (Å²) in [6.07, 6.45) is 3.52. The smallest absolute Gasteiger partial charge is 0.171 e. The summed E-state index contributed by atoms with van der Waals surface area (Å²) in [5, 5.41) is 2.74. The summed E-state index contributed by atoms with van der Waals surface area (Å²) in [6, 6.07) is 11.1. The van der Waals surface area contributed by atoms with E-state index < -0.39 is 0 Å². The summed E-state index contributed by atoms with van der Waals surface area (Å²) >= 11 is 1.48. The molecule has 0 spiro atoms. The molecular weight excluding hydrogens is 282 g/mol. The van der Waals surface area contributed by atoms with Crippen molar-refractivity contribution < 1.29 is 4.79 Å². The molecule has 0 aliphatic heterocycles. The molecule has 2 heterocycles. The number of nitrogens with two attached hydrogens (primary N) is 1. The van der Waals surface area contributed by atoms with Crippen LogP contribution in [-0.2, 0) is 6.42 Å². The first-order valence-electron chi connectivity index (χ1n) is 6.46. The van der Waals surface area contributed by atoms with Gasteiger partial charge < -0.3 is 5.73 Å². The number of hydrogen-bond donors (Lipinski definition) is 1. The zero-order valence-corrected chi connectivity index (χ0v) is 12.0. The molecule has 21 heavy (non-hydrogen) atoms. The summed E-state index contributed by atoms with van der Waals surface area (Å²) in [6.45, 7) is 0. The zero-order valence-electron chi connectivity index (χ0n) is 11.2. The fourth-order valence-corrected chi connectivity index (χ4v) is 2.79. The van der Waals surface area contributed by atoms with Crippen LogP contribution >= 0.6 is 11.3 Å². The number of carbonyl (C=O) groups excluding carboxylic acids is 1. The number of aromatic nitrogens is 2. The highest BCUT2D eigenvalue weighted by Crippen LogP contribution is 2.24. The van der Waals surface area contributed by atoms with Gasteiger partial charge in [-0.1, -0.05) is 12.1 Å². The lowest BCUT2D eigenvalue weighted by molar-refractivity contribution is 0.0992. The van der Waals surface area contributed by atoms with Gasteiger partial charge in [-0.05, 0) is 24.3 Å². The van der Waals surface area contributed by atoms with Gasteiger partial charge in [0.1, 0.15) is 5.01 Å². The van der Waals surface area contributed by atoms with E-state index in [0.717, 1.165) is 16.3 Å². The topological polar surface area (TPSA) is 68.9 Å². The van der Waals surface area contributed by atoms with Gasteiger partial charge in [0.25, 0.3) is 0 Å². The normalized spacial score (nSPS) is 10.5. The van der Waals surface area contributed by atoms with E-state index in [1.54, 1.807) is 24.5 Å². The van der Waals surface area contributed by atoms with Crippen molar-refractivity contribution in [3.63, 3.8) is 0 Å². The maximum absolute atomic E-state index is 12.1. The third kappa shape index (κ3) is 3.14. The van der Waals surface area contributed by atoms with Crippen LogP contribution in [0.25, 0.3) is 11.3 Å². The second-order valence-electron chi connectivity index (χ2n) is 4.59. The van der Waals surface area contributed by atoms with Gasteiger partial charge >= 0.3 is 0 Å². The maximum Gasteiger partial charge on any atom is 0.171 e. The Morgan fingerprint density at radius 3 is 2.90 bits per heavy atom. The molecule has 0 amide bonds. The van der Waals surface area contributed by atoms with Crippen LogP contribution in [0.1, 0.15) is 15.4 Å². The van der Waals surface area contributed by atoms with Gasteiger partial charge in [-0.15, -0.1) is 11.3 Å². The average molecular weight is 295 g/mol. The number of carbonyl (C=O) groups is 1. The summed E-state index contributed by atoms with van der Waals surface area (Å²) < 4.78 is 0. The molecular formula is C16H13N3OS. The molecule has 2 N–H and O–H groups in total. The predicted molar refractivity (Wildman–Crippen MR) is 84.2 cm³/mol. The number of Topliss-reactive ketones (excluding diaryl/α,β-unsaturated/α-hetero) is 1. The first-order valence-corrected chi connectivity index (χ1v) is 7.34. The van der Waals surface area contributed by atoms with Crippen LogP contribution in [0.15, 0.2) is 54.2 Å². The Balaban J connectivity index is 1.78. The number of rotatable bonds is 4. The lowest BCUT2D eigenvalue weighted by Crippen LogP contribution is -2.03. The molecule has 0 saturated carbocycles. The van der Waals surface area contributed by atoms with Crippen LogP contribution in [0, 0.1) is 0 Å². The molecule has 0 radical (unpaired) electrons. The van der Waals surface area contributed by atoms with E-state index >= 15 is 0 Å². The third-order valence-electron chi connectivity index (χ3n) is 3.03. The van der Waals surface area contributed by atoms with Gasteiger partial charge in [0, 0.05) is 34.6 Å². The Hall–Kier alpha value is -2.53. The molecule has 0 aliphatic carbocycles. The minimum Gasteiger partial charge on any atom is -0.399 e. The monoisotopic (exact) mass is 295 g/mol. The molecule has 3 rings (SSSR count). The van der Waals surface area contributed by atoms with Crippen LogP contribution in [0.5, 0.6) is 0 Å². The van der Waals surface area contributed by atoms with Crippen molar-refractivity contribution in [2.45, 2.75) is 6.42 Å². The van der Waals surface area contributed by atoms with Crippen LogP contribution in [0.4, 0.5) is 5.69 Å². The van der Waals surface area contributed by atoms with Crippen molar-refractivity contribution >= 4 is 22.8 Å². The quantitative estimate of drug-likeness (QED) is 0.592.